The van der Waals surface area contributed by atoms with Crippen molar-refractivity contribution in [2.24, 2.45) is 0 Å². The Balaban J connectivity index is 1.74. The number of hydrogen-bond donors (Lipinski definition) is 0. The fraction of sp³-hybridized carbons (Fsp3) is 0.250. The van der Waals surface area contributed by atoms with Gasteiger partial charge in [0.1, 0.15) is 5.69 Å². The molecule has 1 aromatic carbocycles. The van der Waals surface area contributed by atoms with Crippen LogP contribution >= 0.6 is 0 Å². The van der Waals surface area contributed by atoms with Gasteiger partial charge in [-0.05, 0) is 17.2 Å². The molecule has 0 atom stereocenters. The number of aromatic nitrogens is 1. The number of aldehydes is 1. The first-order valence-corrected chi connectivity index (χ1v) is 6.55. The third-order valence-electron chi connectivity index (χ3n) is 3.52. The Morgan fingerprint density at radius 2 is 2.00 bits per heavy atom. The van der Waals surface area contributed by atoms with Crippen molar-refractivity contribution in [1.82, 2.24) is 9.88 Å². The molecular formula is C16H16N2O. The van der Waals surface area contributed by atoms with Crippen molar-refractivity contribution >= 4 is 6.29 Å². The van der Waals surface area contributed by atoms with Gasteiger partial charge in [-0.1, -0.05) is 36.4 Å². The van der Waals surface area contributed by atoms with Gasteiger partial charge in [-0.15, -0.1) is 0 Å². The highest BCUT2D eigenvalue weighted by Crippen LogP contribution is 2.19. The Hall–Kier alpha value is -2.00. The summed E-state index contributed by atoms with van der Waals surface area (Å²) in [5, 5.41) is 0. The second-order valence-electron chi connectivity index (χ2n) is 4.91. The van der Waals surface area contributed by atoms with Crippen molar-refractivity contribution in [3.05, 3.63) is 65.0 Å². The molecule has 0 radical (unpaired) electrons. The van der Waals surface area contributed by atoms with Crippen LogP contribution in [-0.4, -0.2) is 22.7 Å². The molecule has 0 saturated heterocycles. The summed E-state index contributed by atoms with van der Waals surface area (Å²) in [6.45, 7) is 2.88. The van der Waals surface area contributed by atoms with Gasteiger partial charge in [0.25, 0.3) is 0 Å². The summed E-state index contributed by atoms with van der Waals surface area (Å²) in [5.74, 6) is 0. The molecule has 3 heteroatoms. The Kier molecular flexibility index (Phi) is 3.38. The van der Waals surface area contributed by atoms with E-state index in [0.29, 0.717) is 5.69 Å². The molecule has 3 nitrogen and oxygen atoms in total. The first-order chi connectivity index (χ1) is 9.35. The number of pyridine rings is 1. The molecule has 0 fully saturated rings. The van der Waals surface area contributed by atoms with Gasteiger partial charge >= 0.3 is 0 Å². The lowest BCUT2D eigenvalue weighted by Gasteiger charge is -2.28. The van der Waals surface area contributed by atoms with Crippen LogP contribution in [0.1, 0.15) is 27.3 Å². The normalized spacial score (nSPS) is 14.9. The third-order valence-corrected chi connectivity index (χ3v) is 3.52. The van der Waals surface area contributed by atoms with E-state index in [1.807, 2.05) is 12.1 Å². The van der Waals surface area contributed by atoms with E-state index in [4.69, 9.17) is 0 Å². The summed E-state index contributed by atoms with van der Waals surface area (Å²) in [5.41, 5.74) is 4.19. The van der Waals surface area contributed by atoms with Crippen LogP contribution in [0, 0.1) is 0 Å². The molecule has 0 amide bonds. The van der Waals surface area contributed by atoms with Gasteiger partial charge in [-0.3, -0.25) is 9.69 Å². The van der Waals surface area contributed by atoms with Crippen LogP contribution in [0.4, 0.5) is 0 Å². The maximum Gasteiger partial charge on any atom is 0.168 e. The summed E-state index contributed by atoms with van der Waals surface area (Å²) in [4.78, 5) is 17.5. The van der Waals surface area contributed by atoms with Crippen molar-refractivity contribution in [3.63, 3.8) is 0 Å². The largest absolute Gasteiger partial charge is 0.296 e. The van der Waals surface area contributed by atoms with Gasteiger partial charge in [-0.25, -0.2) is 4.98 Å². The highest BCUT2D eigenvalue weighted by Gasteiger charge is 2.17. The average Bonchev–Trinajstić information content (AvgIpc) is 2.48. The highest BCUT2D eigenvalue weighted by molar-refractivity contribution is 5.71. The van der Waals surface area contributed by atoms with Crippen LogP contribution < -0.4 is 0 Å². The van der Waals surface area contributed by atoms with Crippen LogP contribution in [0.25, 0.3) is 0 Å². The number of carbonyl (C=O) groups is 1. The molecule has 3 rings (SSSR count). The smallest absolute Gasteiger partial charge is 0.168 e. The van der Waals surface area contributed by atoms with Gasteiger partial charge in [0.2, 0.25) is 0 Å². The quantitative estimate of drug-likeness (QED) is 0.787. The molecule has 1 aromatic heterocycles. The van der Waals surface area contributed by atoms with Crippen LogP contribution in [0.2, 0.25) is 0 Å². The molecule has 96 valence electrons. The summed E-state index contributed by atoms with van der Waals surface area (Å²) in [7, 11) is 0. The predicted octanol–water partition coefficient (Wildman–Crippen LogP) is 2.45. The molecule has 0 bridgehead atoms. The zero-order valence-corrected chi connectivity index (χ0v) is 10.7. The van der Waals surface area contributed by atoms with Crippen molar-refractivity contribution in [1.29, 1.82) is 0 Å². The maximum absolute atomic E-state index is 10.7. The molecule has 0 N–H and O–H groups in total. The van der Waals surface area contributed by atoms with E-state index in [2.05, 4.69) is 34.1 Å². The monoisotopic (exact) mass is 252 g/mol. The topological polar surface area (TPSA) is 33.2 Å². The standard InChI is InChI=1S/C16H16N2O/c19-12-15-7-6-14-11-18(9-8-16(14)17-15)10-13-4-2-1-3-5-13/h1-7,12H,8-11H2. The van der Waals surface area contributed by atoms with E-state index in [1.165, 1.54) is 11.1 Å². The van der Waals surface area contributed by atoms with E-state index in [9.17, 15) is 4.79 Å². The number of hydrogen-bond acceptors (Lipinski definition) is 3. The number of nitrogens with zero attached hydrogens (tertiary/aromatic N) is 2. The summed E-state index contributed by atoms with van der Waals surface area (Å²) >= 11 is 0. The van der Waals surface area contributed by atoms with Gasteiger partial charge in [-0.2, -0.15) is 0 Å². The Morgan fingerprint density at radius 3 is 2.79 bits per heavy atom. The first kappa shape index (κ1) is 12.1. The SMILES string of the molecule is O=Cc1ccc2c(n1)CCN(Cc1ccccc1)C2. The third kappa shape index (κ3) is 2.71. The minimum Gasteiger partial charge on any atom is -0.296 e. The fourth-order valence-electron chi connectivity index (χ4n) is 2.53. The highest BCUT2D eigenvalue weighted by atomic mass is 16.1. The van der Waals surface area contributed by atoms with Gasteiger partial charge in [0.05, 0.1) is 0 Å². The van der Waals surface area contributed by atoms with E-state index in [1.54, 1.807) is 6.07 Å². The maximum atomic E-state index is 10.7. The van der Waals surface area contributed by atoms with E-state index in [-0.39, 0.29) is 0 Å². The molecule has 1 aliphatic heterocycles. The van der Waals surface area contributed by atoms with Gasteiger partial charge in [0.15, 0.2) is 6.29 Å². The molecule has 19 heavy (non-hydrogen) atoms. The van der Waals surface area contributed by atoms with Crippen molar-refractivity contribution < 1.29 is 4.79 Å². The van der Waals surface area contributed by atoms with E-state index in [0.717, 1.165) is 38.0 Å². The Morgan fingerprint density at radius 1 is 1.16 bits per heavy atom. The molecule has 2 heterocycles. The number of rotatable bonds is 3. The molecule has 1 aliphatic rings. The molecule has 0 unspecified atom stereocenters. The summed E-state index contributed by atoms with van der Waals surface area (Å²) in [6.07, 6.45) is 1.74. The van der Waals surface area contributed by atoms with Crippen LogP contribution in [-0.2, 0) is 19.5 Å². The minimum absolute atomic E-state index is 0.537. The second-order valence-corrected chi connectivity index (χ2v) is 4.91. The molecule has 2 aromatic rings. The van der Waals surface area contributed by atoms with Crippen molar-refractivity contribution in [2.75, 3.05) is 6.54 Å². The van der Waals surface area contributed by atoms with Crippen molar-refractivity contribution in [3.8, 4) is 0 Å². The second kappa shape index (κ2) is 5.33. The van der Waals surface area contributed by atoms with Crippen LogP contribution in [0.15, 0.2) is 42.5 Å². The molecule has 0 aliphatic carbocycles. The summed E-state index contributed by atoms with van der Waals surface area (Å²) in [6, 6.07) is 14.3. The Bertz CT molecular complexity index is 581. The fourth-order valence-corrected chi connectivity index (χ4v) is 2.53. The lowest BCUT2D eigenvalue weighted by atomic mass is 10.0. The number of fused-ring (bicyclic) bond motifs is 1. The number of carbonyl (C=O) groups excluding carboxylic acids is 1. The van der Waals surface area contributed by atoms with Crippen molar-refractivity contribution in [2.45, 2.75) is 19.5 Å². The molecule has 0 saturated carbocycles. The summed E-state index contributed by atoms with van der Waals surface area (Å²) < 4.78 is 0. The first-order valence-electron chi connectivity index (χ1n) is 6.55. The predicted molar refractivity (Wildman–Crippen MR) is 73.9 cm³/mol. The van der Waals surface area contributed by atoms with Gasteiger partial charge < -0.3 is 0 Å². The molecule has 0 spiro atoms. The number of benzene rings is 1. The molecular weight excluding hydrogens is 236 g/mol. The van der Waals surface area contributed by atoms with Crippen LogP contribution in [0.3, 0.4) is 0 Å². The lowest BCUT2D eigenvalue weighted by molar-refractivity contribution is 0.111. The van der Waals surface area contributed by atoms with Crippen LogP contribution in [0.5, 0.6) is 0 Å². The Labute approximate surface area is 112 Å². The van der Waals surface area contributed by atoms with Gasteiger partial charge in [0, 0.05) is 31.7 Å². The van der Waals surface area contributed by atoms with E-state index >= 15 is 0 Å². The lowest BCUT2D eigenvalue weighted by Crippen LogP contribution is -2.30. The average molecular weight is 252 g/mol. The van der Waals surface area contributed by atoms with E-state index < -0.39 is 0 Å². The minimum atomic E-state index is 0.537. The zero-order chi connectivity index (χ0) is 13.1. The zero-order valence-electron chi connectivity index (χ0n) is 10.7.